The second-order valence-electron chi connectivity index (χ2n) is 4.64. The number of nitrogens with zero attached hydrogens (tertiary/aromatic N) is 1. The number of thiol groups is 1. The van der Waals surface area contributed by atoms with Crippen LogP contribution in [0.4, 0.5) is 0 Å². The highest BCUT2D eigenvalue weighted by molar-refractivity contribution is 7.80. The van der Waals surface area contributed by atoms with E-state index in [-0.39, 0.29) is 30.3 Å². The van der Waals surface area contributed by atoms with Crippen molar-refractivity contribution in [3.63, 3.8) is 0 Å². The van der Waals surface area contributed by atoms with Crippen molar-refractivity contribution in [2.24, 2.45) is 5.92 Å². The maximum atomic E-state index is 11.9. The number of carbonyl (C=O) groups excluding carboxylic acids is 3. The third-order valence-corrected chi connectivity index (χ3v) is 3.90. The maximum absolute atomic E-state index is 11.9. The van der Waals surface area contributed by atoms with Crippen LogP contribution in [0.15, 0.2) is 12.2 Å². The first-order chi connectivity index (χ1) is 8.58. The SMILES string of the molecule is O=C(NCN1C(=O)C=CC1=O)C1CCC(S)CC1. The lowest BCUT2D eigenvalue weighted by atomic mass is 9.88. The van der Waals surface area contributed by atoms with Crippen LogP contribution in [0.5, 0.6) is 0 Å². The van der Waals surface area contributed by atoms with Gasteiger partial charge in [-0.2, -0.15) is 12.6 Å². The normalized spacial score (nSPS) is 27.7. The maximum Gasteiger partial charge on any atom is 0.255 e. The molecule has 0 bridgehead atoms. The summed E-state index contributed by atoms with van der Waals surface area (Å²) >= 11 is 4.38. The van der Waals surface area contributed by atoms with Gasteiger partial charge in [-0.3, -0.25) is 19.3 Å². The highest BCUT2D eigenvalue weighted by Gasteiger charge is 2.27. The van der Waals surface area contributed by atoms with Crippen LogP contribution in [0.1, 0.15) is 25.7 Å². The summed E-state index contributed by atoms with van der Waals surface area (Å²) in [6.45, 7) is -0.0374. The molecule has 0 atom stereocenters. The second-order valence-corrected chi connectivity index (χ2v) is 5.37. The van der Waals surface area contributed by atoms with Crippen LogP contribution in [0.3, 0.4) is 0 Å². The zero-order valence-electron chi connectivity index (χ0n) is 9.96. The van der Waals surface area contributed by atoms with Gasteiger partial charge in [0.15, 0.2) is 0 Å². The molecule has 1 heterocycles. The molecule has 0 aromatic heterocycles. The van der Waals surface area contributed by atoms with Gasteiger partial charge in [0, 0.05) is 23.3 Å². The Morgan fingerprint density at radius 1 is 1.22 bits per heavy atom. The monoisotopic (exact) mass is 268 g/mol. The van der Waals surface area contributed by atoms with Gasteiger partial charge in [-0.1, -0.05) is 0 Å². The minimum Gasteiger partial charge on any atom is -0.338 e. The van der Waals surface area contributed by atoms with Gasteiger partial charge in [0.25, 0.3) is 11.8 Å². The third kappa shape index (κ3) is 2.93. The van der Waals surface area contributed by atoms with E-state index in [9.17, 15) is 14.4 Å². The Kier molecular flexibility index (Phi) is 4.06. The van der Waals surface area contributed by atoms with Gasteiger partial charge in [0.1, 0.15) is 6.67 Å². The molecule has 98 valence electrons. The van der Waals surface area contributed by atoms with Gasteiger partial charge in [-0.25, -0.2) is 0 Å². The van der Waals surface area contributed by atoms with Gasteiger partial charge in [0.05, 0.1) is 0 Å². The first-order valence-corrected chi connectivity index (χ1v) is 6.59. The molecule has 2 rings (SSSR count). The summed E-state index contributed by atoms with van der Waals surface area (Å²) in [5.74, 6) is -0.851. The van der Waals surface area contributed by atoms with E-state index in [1.54, 1.807) is 0 Å². The van der Waals surface area contributed by atoms with Gasteiger partial charge in [0.2, 0.25) is 5.91 Å². The summed E-state index contributed by atoms with van der Waals surface area (Å²) in [4.78, 5) is 35.4. The average Bonchev–Trinajstić information content (AvgIpc) is 2.67. The Bertz CT molecular complexity index is 382. The molecule has 1 aliphatic heterocycles. The molecule has 0 aromatic rings. The van der Waals surface area contributed by atoms with Gasteiger partial charge < -0.3 is 5.32 Å². The van der Waals surface area contributed by atoms with Crippen molar-refractivity contribution >= 4 is 30.4 Å². The molecule has 1 N–H and O–H groups in total. The molecule has 0 spiro atoms. The van der Waals surface area contributed by atoms with E-state index < -0.39 is 0 Å². The van der Waals surface area contributed by atoms with Gasteiger partial charge >= 0.3 is 0 Å². The first-order valence-electron chi connectivity index (χ1n) is 6.07. The number of amides is 3. The van der Waals surface area contributed by atoms with Crippen LogP contribution >= 0.6 is 12.6 Å². The molecule has 0 saturated heterocycles. The fraction of sp³-hybridized carbons (Fsp3) is 0.583. The molecule has 1 saturated carbocycles. The van der Waals surface area contributed by atoms with E-state index >= 15 is 0 Å². The molecule has 0 aromatic carbocycles. The molecule has 6 heteroatoms. The first kappa shape index (κ1) is 13.1. The van der Waals surface area contributed by atoms with Crippen LogP contribution in [0, 0.1) is 5.92 Å². The van der Waals surface area contributed by atoms with Crippen LogP contribution in [0.2, 0.25) is 0 Å². The summed E-state index contributed by atoms with van der Waals surface area (Å²) in [7, 11) is 0. The molecule has 3 amide bonds. The zero-order valence-corrected chi connectivity index (χ0v) is 10.9. The molecule has 0 radical (unpaired) electrons. The Morgan fingerprint density at radius 3 is 2.33 bits per heavy atom. The summed E-state index contributed by atoms with van der Waals surface area (Å²) in [6, 6.07) is 0. The number of hydrogen-bond acceptors (Lipinski definition) is 4. The number of hydrogen-bond donors (Lipinski definition) is 2. The summed E-state index contributed by atoms with van der Waals surface area (Å²) in [5.41, 5.74) is 0. The molecular weight excluding hydrogens is 252 g/mol. The Balaban J connectivity index is 1.78. The zero-order chi connectivity index (χ0) is 13.1. The summed E-state index contributed by atoms with van der Waals surface area (Å²) < 4.78 is 0. The summed E-state index contributed by atoms with van der Waals surface area (Å²) in [5, 5.41) is 3.04. The van der Waals surface area contributed by atoms with E-state index in [1.165, 1.54) is 12.2 Å². The molecule has 2 aliphatic rings. The van der Waals surface area contributed by atoms with Crippen molar-refractivity contribution in [2.75, 3.05) is 6.67 Å². The van der Waals surface area contributed by atoms with E-state index in [4.69, 9.17) is 0 Å². The highest BCUT2D eigenvalue weighted by Crippen LogP contribution is 2.27. The van der Waals surface area contributed by atoms with Crippen LogP contribution < -0.4 is 5.32 Å². The quantitative estimate of drug-likeness (QED) is 0.578. The summed E-state index contributed by atoms with van der Waals surface area (Å²) in [6.07, 6.45) is 5.93. The lowest BCUT2D eigenvalue weighted by molar-refractivity contribution is -0.138. The largest absolute Gasteiger partial charge is 0.338 e. The van der Waals surface area contributed by atoms with Crippen molar-refractivity contribution in [1.82, 2.24) is 10.2 Å². The van der Waals surface area contributed by atoms with Gasteiger partial charge in [-0.05, 0) is 25.7 Å². The fourth-order valence-corrected chi connectivity index (χ4v) is 2.52. The molecule has 18 heavy (non-hydrogen) atoms. The van der Waals surface area contributed by atoms with E-state index in [2.05, 4.69) is 17.9 Å². The Morgan fingerprint density at radius 2 is 1.78 bits per heavy atom. The average molecular weight is 268 g/mol. The lowest BCUT2D eigenvalue weighted by Crippen LogP contribution is -2.43. The smallest absolute Gasteiger partial charge is 0.255 e. The standard InChI is InChI=1S/C12H16N2O3S/c15-10-5-6-11(16)14(10)7-13-12(17)8-1-3-9(18)4-2-8/h5-6,8-9,18H,1-4,7H2,(H,13,17). The molecule has 5 nitrogen and oxygen atoms in total. The topological polar surface area (TPSA) is 66.5 Å². The fourth-order valence-electron chi connectivity index (χ4n) is 2.23. The molecule has 1 aliphatic carbocycles. The number of nitrogens with one attached hydrogen (secondary N) is 1. The minimum atomic E-state index is -0.376. The third-order valence-electron chi connectivity index (χ3n) is 3.38. The second kappa shape index (κ2) is 5.56. The predicted octanol–water partition coefficient (Wildman–Crippen LogP) is 0.474. The molecular formula is C12H16N2O3S. The predicted molar refractivity (Wildman–Crippen MR) is 68.7 cm³/mol. The van der Waals surface area contributed by atoms with E-state index in [0.717, 1.165) is 30.6 Å². The van der Waals surface area contributed by atoms with Crippen molar-refractivity contribution in [3.8, 4) is 0 Å². The van der Waals surface area contributed by atoms with Gasteiger partial charge in [-0.15, -0.1) is 0 Å². The molecule has 1 fully saturated rings. The van der Waals surface area contributed by atoms with Crippen LogP contribution in [-0.2, 0) is 14.4 Å². The lowest BCUT2D eigenvalue weighted by Gasteiger charge is -2.25. The van der Waals surface area contributed by atoms with E-state index in [1.807, 2.05) is 0 Å². The number of imide groups is 1. The van der Waals surface area contributed by atoms with E-state index in [0.29, 0.717) is 5.25 Å². The Hall–Kier alpha value is -1.30. The Labute approximate surface area is 111 Å². The number of rotatable bonds is 3. The van der Waals surface area contributed by atoms with Crippen molar-refractivity contribution in [1.29, 1.82) is 0 Å². The van der Waals surface area contributed by atoms with Crippen LogP contribution in [-0.4, -0.2) is 34.5 Å². The number of carbonyl (C=O) groups is 3. The van der Waals surface area contributed by atoms with Crippen LogP contribution in [0.25, 0.3) is 0 Å². The molecule has 0 unspecified atom stereocenters. The van der Waals surface area contributed by atoms with Crippen molar-refractivity contribution in [2.45, 2.75) is 30.9 Å². The highest BCUT2D eigenvalue weighted by atomic mass is 32.1. The minimum absolute atomic E-state index is 0.0193. The van der Waals surface area contributed by atoms with Crippen molar-refractivity contribution in [3.05, 3.63) is 12.2 Å². The van der Waals surface area contributed by atoms with Crippen molar-refractivity contribution < 1.29 is 14.4 Å².